The summed E-state index contributed by atoms with van der Waals surface area (Å²) in [6.07, 6.45) is 0. The number of ether oxygens (including phenoxy) is 3. The molecule has 7 nitrogen and oxygen atoms in total. The second-order valence-corrected chi connectivity index (χ2v) is 8.25. The minimum atomic E-state index is -0.302. The molecule has 1 aliphatic rings. The van der Waals surface area contributed by atoms with Crippen LogP contribution >= 0.6 is 0 Å². The lowest BCUT2D eigenvalue weighted by Crippen LogP contribution is -2.36. The predicted molar refractivity (Wildman–Crippen MR) is 130 cm³/mol. The minimum absolute atomic E-state index is 0.247. The third-order valence-corrected chi connectivity index (χ3v) is 6.14. The molecule has 4 rings (SSSR count). The number of nitrogens with one attached hydrogen (secondary N) is 1. The van der Waals surface area contributed by atoms with Gasteiger partial charge in [0.25, 0.3) is 5.91 Å². The van der Waals surface area contributed by atoms with Crippen LogP contribution in [0, 0.1) is 19.7 Å². The van der Waals surface area contributed by atoms with Gasteiger partial charge in [-0.1, -0.05) is 12.1 Å². The first-order valence-corrected chi connectivity index (χ1v) is 11.2. The SMILES string of the molecule is COc1ccc(NC(=O)c2c(C)c(N3CCOCC3)c(C)n2Cc2cccc(F)c2)cc1OC. The highest BCUT2D eigenvalue weighted by Crippen LogP contribution is 2.34. The Morgan fingerprint density at radius 1 is 1.06 bits per heavy atom. The average molecular weight is 468 g/mol. The van der Waals surface area contributed by atoms with E-state index in [1.165, 1.54) is 12.1 Å². The van der Waals surface area contributed by atoms with Crippen LogP contribution in [-0.2, 0) is 11.3 Å². The number of rotatable bonds is 7. The summed E-state index contributed by atoms with van der Waals surface area (Å²) < 4.78 is 32.0. The molecule has 0 radical (unpaired) electrons. The number of nitrogens with zero attached hydrogens (tertiary/aromatic N) is 2. The zero-order valence-electron chi connectivity index (χ0n) is 20.0. The van der Waals surface area contributed by atoms with E-state index in [0.29, 0.717) is 42.6 Å². The molecule has 2 heterocycles. The van der Waals surface area contributed by atoms with E-state index in [-0.39, 0.29) is 11.7 Å². The van der Waals surface area contributed by atoms with Gasteiger partial charge in [0.2, 0.25) is 0 Å². The third-order valence-electron chi connectivity index (χ3n) is 6.14. The average Bonchev–Trinajstić information content (AvgIpc) is 3.08. The topological polar surface area (TPSA) is 65.0 Å². The van der Waals surface area contributed by atoms with Gasteiger partial charge in [-0.2, -0.15) is 0 Å². The lowest BCUT2D eigenvalue weighted by Gasteiger charge is -2.29. The first-order valence-electron chi connectivity index (χ1n) is 11.2. The fourth-order valence-corrected chi connectivity index (χ4v) is 4.55. The molecule has 1 saturated heterocycles. The van der Waals surface area contributed by atoms with Gasteiger partial charge in [-0.25, -0.2) is 4.39 Å². The van der Waals surface area contributed by atoms with Gasteiger partial charge in [0.1, 0.15) is 11.5 Å². The van der Waals surface area contributed by atoms with E-state index in [2.05, 4.69) is 10.2 Å². The molecule has 0 spiro atoms. The molecular formula is C26H30FN3O4. The Morgan fingerprint density at radius 2 is 1.79 bits per heavy atom. The highest BCUT2D eigenvalue weighted by Gasteiger charge is 2.27. The van der Waals surface area contributed by atoms with Gasteiger partial charge < -0.3 is 29.0 Å². The number of carbonyl (C=O) groups is 1. The fraction of sp³-hybridized carbons (Fsp3) is 0.346. The maximum absolute atomic E-state index is 13.9. The molecule has 34 heavy (non-hydrogen) atoms. The van der Waals surface area contributed by atoms with E-state index in [4.69, 9.17) is 14.2 Å². The molecule has 1 amide bonds. The van der Waals surface area contributed by atoms with Crippen molar-refractivity contribution in [1.29, 1.82) is 0 Å². The maximum atomic E-state index is 13.9. The van der Waals surface area contributed by atoms with Crippen LogP contribution in [0.25, 0.3) is 0 Å². The third kappa shape index (κ3) is 4.72. The van der Waals surface area contributed by atoms with Crippen molar-refractivity contribution in [2.24, 2.45) is 0 Å². The number of aromatic nitrogens is 1. The summed E-state index contributed by atoms with van der Waals surface area (Å²) >= 11 is 0. The molecule has 0 saturated carbocycles. The molecule has 3 aromatic rings. The fourth-order valence-electron chi connectivity index (χ4n) is 4.55. The highest BCUT2D eigenvalue weighted by atomic mass is 19.1. The Balaban J connectivity index is 1.74. The molecule has 1 aromatic heterocycles. The second kappa shape index (κ2) is 10.2. The van der Waals surface area contributed by atoms with Gasteiger partial charge in [0.15, 0.2) is 11.5 Å². The summed E-state index contributed by atoms with van der Waals surface area (Å²) in [5.74, 6) is 0.557. The van der Waals surface area contributed by atoms with Gasteiger partial charge in [0, 0.05) is 42.6 Å². The lowest BCUT2D eigenvalue weighted by molar-refractivity contribution is 0.101. The van der Waals surface area contributed by atoms with Gasteiger partial charge in [-0.3, -0.25) is 4.79 Å². The number of methoxy groups -OCH3 is 2. The molecule has 1 N–H and O–H groups in total. The number of hydrogen-bond donors (Lipinski definition) is 1. The van der Waals surface area contributed by atoms with Crippen LogP contribution in [0.15, 0.2) is 42.5 Å². The van der Waals surface area contributed by atoms with Crippen molar-refractivity contribution in [3.63, 3.8) is 0 Å². The van der Waals surface area contributed by atoms with Crippen molar-refractivity contribution in [2.45, 2.75) is 20.4 Å². The predicted octanol–water partition coefficient (Wildman–Crippen LogP) is 4.40. The monoisotopic (exact) mass is 467 g/mol. The lowest BCUT2D eigenvalue weighted by atomic mass is 10.1. The number of morpholine rings is 1. The Morgan fingerprint density at radius 3 is 2.47 bits per heavy atom. The van der Waals surface area contributed by atoms with E-state index in [0.717, 1.165) is 35.6 Å². The summed E-state index contributed by atoms with van der Waals surface area (Å²) in [4.78, 5) is 15.8. The highest BCUT2D eigenvalue weighted by molar-refractivity contribution is 6.05. The smallest absolute Gasteiger partial charge is 0.272 e. The molecule has 1 aliphatic heterocycles. The second-order valence-electron chi connectivity index (χ2n) is 8.25. The molecular weight excluding hydrogens is 437 g/mol. The Bertz CT molecular complexity index is 1190. The summed E-state index contributed by atoms with van der Waals surface area (Å²) in [5.41, 5.74) is 4.78. The Kier molecular flexibility index (Phi) is 7.07. The van der Waals surface area contributed by atoms with Gasteiger partial charge in [0.05, 0.1) is 33.1 Å². The molecule has 8 heteroatoms. The van der Waals surface area contributed by atoms with Crippen LogP contribution in [-0.4, -0.2) is 51.0 Å². The minimum Gasteiger partial charge on any atom is -0.493 e. The van der Waals surface area contributed by atoms with Gasteiger partial charge >= 0.3 is 0 Å². The van der Waals surface area contributed by atoms with Crippen LogP contribution < -0.4 is 19.7 Å². The van der Waals surface area contributed by atoms with Gasteiger partial charge in [-0.05, 0) is 43.7 Å². The molecule has 180 valence electrons. The van der Waals surface area contributed by atoms with Crippen molar-refractivity contribution in [1.82, 2.24) is 4.57 Å². The summed E-state index contributed by atoms with van der Waals surface area (Å²) in [6, 6.07) is 11.7. The molecule has 0 aliphatic carbocycles. The zero-order valence-corrected chi connectivity index (χ0v) is 20.0. The summed E-state index contributed by atoms with van der Waals surface area (Å²) in [5, 5.41) is 2.99. The maximum Gasteiger partial charge on any atom is 0.272 e. The van der Waals surface area contributed by atoms with Crippen molar-refractivity contribution in [3.8, 4) is 11.5 Å². The number of benzene rings is 2. The number of carbonyl (C=O) groups excluding carboxylic acids is 1. The molecule has 1 fully saturated rings. The van der Waals surface area contributed by atoms with Crippen LogP contribution in [0.1, 0.15) is 27.3 Å². The molecule has 2 aromatic carbocycles. The molecule has 0 unspecified atom stereocenters. The van der Waals surface area contributed by atoms with Gasteiger partial charge in [-0.15, -0.1) is 0 Å². The molecule has 0 atom stereocenters. The van der Waals surface area contributed by atoms with Crippen LogP contribution in [0.4, 0.5) is 15.8 Å². The van der Waals surface area contributed by atoms with E-state index in [1.54, 1.807) is 38.5 Å². The zero-order chi connectivity index (χ0) is 24.2. The Labute approximate surface area is 199 Å². The van der Waals surface area contributed by atoms with E-state index >= 15 is 0 Å². The quantitative estimate of drug-likeness (QED) is 0.558. The normalized spacial score (nSPS) is 13.6. The van der Waals surface area contributed by atoms with Crippen molar-refractivity contribution >= 4 is 17.3 Å². The van der Waals surface area contributed by atoms with Crippen molar-refractivity contribution in [3.05, 3.63) is 70.8 Å². The summed E-state index contributed by atoms with van der Waals surface area (Å²) in [7, 11) is 3.12. The van der Waals surface area contributed by atoms with E-state index < -0.39 is 0 Å². The molecule has 0 bridgehead atoms. The van der Waals surface area contributed by atoms with E-state index in [9.17, 15) is 9.18 Å². The number of halogens is 1. The largest absolute Gasteiger partial charge is 0.493 e. The van der Waals surface area contributed by atoms with Crippen molar-refractivity contribution < 1.29 is 23.4 Å². The Hall–Kier alpha value is -3.52. The number of hydrogen-bond acceptors (Lipinski definition) is 5. The van der Waals surface area contributed by atoms with Crippen LogP contribution in [0.3, 0.4) is 0 Å². The first-order chi connectivity index (χ1) is 16.4. The van der Waals surface area contributed by atoms with E-state index in [1.807, 2.05) is 24.5 Å². The van der Waals surface area contributed by atoms with Crippen molar-refractivity contribution in [2.75, 3.05) is 50.7 Å². The summed E-state index contributed by atoms with van der Waals surface area (Å²) in [6.45, 7) is 7.13. The standard InChI is InChI=1S/C26H30FN3O4/c1-17-24(29-10-12-34-13-11-29)18(2)30(16-19-6-5-7-20(27)14-19)25(17)26(31)28-21-8-9-22(32-3)23(15-21)33-4/h5-9,14-15H,10-13,16H2,1-4H3,(H,28,31). The first kappa shape index (κ1) is 23.6. The van der Waals surface area contributed by atoms with Crippen LogP contribution in [0.2, 0.25) is 0 Å². The number of anilines is 2. The number of amides is 1. The van der Waals surface area contributed by atoms with Crippen LogP contribution in [0.5, 0.6) is 11.5 Å².